The second-order valence-electron chi connectivity index (χ2n) is 8.14. The SMILES string of the molecule is O=C(O)C1=Cc2nc1c(C(=O)O)c1ccc(cc3nc(cc4ccc([nH]4)c2C(=O)O)CC3C(=O)O)[nH]1. The summed E-state index contributed by atoms with van der Waals surface area (Å²) < 4.78 is 0. The molecule has 1 atom stereocenters. The van der Waals surface area contributed by atoms with Crippen LogP contribution in [0.3, 0.4) is 0 Å². The molecule has 0 saturated carbocycles. The number of carboxylic acids is 4. The first-order valence-electron chi connectivity index (χ1n) is 10.5. The van der Waals surface area contributed by atoms with Gasteiger partial charge in [0.05, 0.1) is 33.7 Å². The smallest absolute Gasteiger partial charge is 0.340 e. The maximum Gasteiger partial charge on any atom is 0.340 e. The molecule has 0 radical (unpaired) electrons. The molecule has 5 heterocycles. The summed E-state index contributed by atoms with van der Waals surface area (Å²) in [7, 11) is 0. The summed E-state index contributed by atoms with van der Waals surface area (Å²) in [5.41, 5.74) is -0.501. The lowest BCUT2D eigenvalue weighted by atomic mass is 10.0. The Kier molecular flexibility index (Phi) is 5.13. The third-order valence-corrected chi connectivity index (χ3v) is 5.84. The van der Waals surface area contributed by atoms with Crippen LogP contribution in [-0.4, -0.2) is 64.2 Å². The average Bonchev–Trinajstić information content (AvgIpc) is 3.56. The number of hydrogen-bond donors (Lipinski definition) is 6. The first-order chi connectivity index (χ1) is 17.1. The maximum atomic E-state index is 12.2. The van der Waals surface area contributed by atoms with Crippen LogP contribution >= 0.6 is 0 Å². The zero-order valence-electron chi connectivity index (χ0n) is 18.1. The predicted molar refractivity (Wildman–Crippen MR) is 125 cm³/mol. The Balaban J connectivity index is 1.99. The van der Waals surface area contributed by atoms with E-state index in [1.54, 1.807) is 12.1 Å². The number of aromatic amines is 2. The van der Waals surface area contributed by atoms with E-state index in [1.165, 1.54) is 24.3 Å². The minimum Gasteiger partial charge on any atom is -0.481 e. The number of aromatic carboxylic acids is 2. The van der Waals surface area contributed by atoms with E-state index in [-0.39, 0.29) is 34.4 Å². The highest BCUT2D eigenvalue weighted by Gasteiger charge is 2.29. The van der Waals surface area contributed by atoms with Crippen LogP contribution in [0.15, 0.2) is 36.4 Å². The van der Waals surface area contributed by atoms with Gasteiger partial charge < -0.3 is 30.4 Å². The van der Waals surface area contributed by atoms with Crippen molar-refractivity contribution in [3.05, 3.63) is 70.3 Å². The van der Waals surface area contributed by atoms with Gasteiger partial charge in [0.1, 0.15) is 17.0 Å². The maximum absolute atomic E-state index is 12.2. The zero-order chi connectivity index (χ0) is 25.7. The Labute approximate surface area is 200 Å². The second kappa shape index (κ2) is 8.20. The van der Waals surface area contributed by atoms with Crippen molar-refractivity contribution in [2.24, 2.45) is 0 Å². The molecule has 3 aromatic heterocycles. The van der Waals surface area contributed by atoms with Gasteiger partial charge in [-0.2, -0.15) is 0 Å². The molecule has 0 spiro atoms. The van der Waals surface area contributed by atoms with Crippen molar-refractivity contribution in [2.45, 2.75) is 12.3 Å². The number of fused-ring (bicyclic) bond motifs is 8. The third kappa shape index (κ3) is 3.76. The molecule has 8 bridgehead atoms. The minimum atomic E-state index is -1.50. The molecule has 0 amide bonds. The molecular formula is C24H16N4O8. The number of carboxylic acid groups (broad SMARTS) is 4. The second-order valence-corrected chi connectivity index (χ2v) is 8.14. The molecule has 180 valence electrons. The fourth-order valence-corrected chi connectivity index (χ4v) is 4.27. The number of carbonyl (C=O) groups is 4. The minimum absolute atomic E-state index is 0.00623. The molecule has 1 unspecified atom stereocenters. The molecule has 12 nitrogen and oxygen atoms in total. The molecule has 0 aliphatic carbocycles. The van der Waals surface area contributed by atoms with E-state index in [0.29, 0.717) is 16.7 Å². The van der Waals surface area contributed by atoms with E-state index in [2.05, 4.69) is 19.9 Å². The van der Waals surface area contributed by atoms with Crippen LogP contribution in [0, 0.1) is 0 Å². The summed E-state index contributed by atoms with van der Waals surface area (Å²) in [4.78, 5) is 62.5. The van der Waals surface area contributed by atoms with Gasteiger partial charge in [0.15, 0.2) is 0 Å². The standard InChI is InChI=1S/C24H16N4O8/c29-21(30)12-6-11-5-9-1-3-14(25-9)18(23(33)34)17-8-13(22(31)32)20(28-17)19(24(35)36)15-4-2-10(26-15)7-16(12)27-11/h1-5,7-8,12,25-26H,6H2,(H,29,30)(H,31,32)(H,33,34)(H,35,36). The van der Waals surface area contributed by atoms with Crippen LogP contribution in [0.5, 0.6) is 0 Å². The van der Waals surface area contributed by atoms with Crippen molar-refractivity contribution >= 4 is 57.6 Å². The molecule has 5 rings (SSSR count). The summed E-state index contributed by atoms with van der Waals surface area (Å²) in [5.74, 6) is -6.45. The fourth-order valence-electron chi connectivity index (χ4n) is 4.27. The Morgan fingerprint density at radius 2 is 1.39 bits per heavy atom. The largest absolute Gasteiger partial charge is 0.481 e. The molecule has 0 aromatic carbocycles. The van der Waals surface area contributed by atoms with E-state index in [4.69, 9.17) is 0 Å². The number of hydrogen-bond acceptors (Lipinski definition) is 6. The monoisotopic (exact) mass is 488 g/mol. The Bertz CT molecular complexity index is 1700. The molecular weight excluding hydrogens is 472 g/mol. The van der Waals surface area contributed by atoms with Gasteiger partial charge in [-0.25, -0.2) is 19.4 Å². The number of H-pyrrole nitrogens is 2. The highest BCUT2D eigenvalue weighted by Crippen LogP contribution is 2.30. The zero-order valence-corrected chi connectivity index (χ0v) is 18.1. The van der Waals surface area contributed by atoms with Crippen LogP contribution < -0.4 is 0 Å². The van der Waals surface area contributed by atoms with Gasteiger partial charge >= 0.3 is 23.9 Å². The Morgan fingerprint density at radius 3 is 1.97 bits per heavy atom. The third-order valence-electron chi connectivity index (χ3n) is 5.84. The van der Waals surface area contributed by atoms with Crippen molar-refractivity contribution < 1.29 is 39.6 Å². The number of aliphatic carboxylic acids is 2. The van der Waals surface area contributed by atoms with E-state index in [9.17, 15) is 39.6 Å². The quantitative estimate of drug-likeness (QED) is 0.316. The van der Waals surface area contributed by atoms with Crippen LogP contribution in [0.4, 0.5) is 0 Å². The van der Waals surface area contributed by atoms with Crippen molar-refractivity contribution in [3.63, 3.8) is 0 Å². The van der Waals surface area contributed by atoms with Crippen LogP contribution in [0.1, 0.15) is 49.4 Å². The summed E-state index contributed by atoms with van der Waals surface area (Å²) in [5, 5.41) is 39.2. The molecule has 2 aliphatic rings. The predicted octanol–water partition coefficient (Wildman–Crippen LogP) is 2.75. The molecule has 36 heavy (non-hydrogen) atoms. The van der Waals surface area contributed by atoms with Gasteiger partial charge in [-0.05, 0) is 42.5 Å². The Morgan fingerprint density at radius 1 is 0.778 bits per heavy atom. The summed E-state index contributed by atoms with van der Waals surface area (Å²) in [6, 6.07) is 8.96. The van der Waals surface area contributed by atoms with Gasteiger partial charge in [-0.15, -0.1) is 0 Å². The lowest BCUT2D eigenvalue weighted by Crippen LogP contribution is -2.09. The number of nitrogens with zero attached hydrogens (tertiary/aromatic N) is 2. The number of rotatable bonds is 4. The van der Waals surface area contributed by atoms with Gasteiger partial charge in [-0.3, -0.25) is 9.78 Å². The lowest BCUT2D eigenvalue weighted by molar-refractivity contribution is -0.138. The normalized spacial score (nSPS) is 14.8. The first-order valence-corrected chi connectivity index (χ1v) is 10.5. The van der Waals surface area contributed by atoms with E-state index in [1.807, 2.05) is 0 Å². The first kappa shape index (κ1) is 22.5. The summed E-state index contributed by atoms with van der Waals surface area (Å²) in [6.45, 7) is 0. The highest BCUT2D eigenvalue weighted by molar-refractivity contribution is 6.24. The van der Waals surface area contributed by atoms with Gasteiger partial charge in [-0.1, -0.05) is 0 Å². The molecule has 3 aromatic rings. The van der Waals surface area contributed by atoms with Crippen molar-refractivity contribution in [2.75, 3.05) is 0 Å². The van der Waals surface area contributed by atoms with Gasteiger partial charge in [0.25, 0.3) is 0 Å². The van der Waals surface area contributed by atoms with Crippen LogP contribution in [0.25, 0.3) is 33.7 Å². The van der Waals surface area contributed by atoms with Crippen LogP contribution in [-0.2, 0) is 16.0 Å². The van der Waals surface area contributed by atoms with Crippen molar-refractivity contribution in [3.8, 4) is 0 Å². The van der Waals surface area contributed by atoms with E-state index >= 15 is 0 Å². The van der Waals surface area contributed by atoms with E-state index in [0.717, 1.165) is 6.08 Å². The van der Waals surface area contributed by atoms with Crippen molar-refractivity contribution in [1.82, 2.24) is 19.9 Å². The highest BCUT2D eigenvalue weighted by atomic mass is 16.4. The summed E-state index contributed by atoms with van der Waals surface area (Å²) >= 11 is 0. The molecule has 0 saturated heterocycles. The van der Waals surface area contributed by atoms with Gasteiger partial charge in [0.2, 0.25) is 0 Å². The van der Waals surface area contributed by atoms with Gasteiger partial charge in [0, 0.05) is 23.1 Å². The number of aromatic nitrogens is 4. The fraction of sp³-hybridized carbons (Fsp3) is 0.0833. The topological polar surface area (TPSA) is 207 Å². The average molecular weight is 488 g/mol. The van der Waals surface area contributed by atoms with E-state index < -0.39 is 46.6 Å². The molecule has 0 fully saturated rings. The lowest BCUT2D eigenvalue weighted by Gasteiger charge is -2.01. The Hall–Kier alpha value is -5.26. The summed E-state index contributed by atoms with van der Waals surface area (Å²) in [6.07, 6.45) is 1.11. The number of nitrogens with one attached hydrogen (secondary N) is 2. The molecule has 12 heteroatoms. The molecule has 6 N–H and O–H groups in total. The van der Waals surface area contributed by atoms with Crippen LogP contribution in [0.2, 0.25) is 0 Å². The molecule has 2 aliphatic heterocycles. The van der Waals surface area contributed by atoms with Crippen molar-refractivity contribution in [1.29, 1.82) is 0 Å².